The molecular formula is C28H38N6O6S. The number of benzene rings is 2. The summed E-state index contributed by atoms with van der Waals surface area (Å²) in [5.74, 6) is -1.65. The van der Waals surface area contributed by atoms with E-state index in [-0.39, 0.29) is 36.3 Å². The minimum absolute atomic E-state index is 0.0662. The third-order valence-electron chi connectivity index (χ3n) is 6.62. The van der Waals surface area contributed by atoms with Gasteiger partial charge in [-0.1, -0.05) is 48.0 Å². The largest absolute Gasteiger partial charge is 0.459 e. The van der Waals surface area contributed by atoms with Crippen molar-refractivity contribution >= 4 is 33.8 Å². The lowest BCUT2D eigenvalue weighted by Crippen LogP contribution is -2.53. The van der Waals surface area contributed by atoms with Gasteiger partial charge in [-0.2, -0.15) is 0 Å². The average Bonchev–Trinajstić information content (AvgIpc) is 3.44. The second kappa shape index (κ2) is 14.6. The Kier molecular flexibility index (Phi) is 11.2. The lowest BCUT2D eigenvalue weighted by Gasteiger charge is -2.27. The molecule has 0 saturated carbocycles. The van der Waals surface area contributed by atoms with Crippen LogP contribution in [0.1, 0.15) is 43.7 Å². The van der Waals surface area contributed by atoms with Crippen molar-refractivity contribution in [2.45, 2.75) is 69.2 Å². The molecule has 0 spiro atoms. The molecule has 1 heterocycles. The number of aryl methyl sites for hydroxylation is 1. The lowest BCUT2D eigenvalue weighted by atomic mass is 10.1. The first-order valence-corrected chi connectivity index (χ1v) is 14.9. The molecule has 2 aromatic carbocycles. The molecule has 3 atom stereocenters. The van der Waals surface area contributed by atoms with Crippen molar-refractivity contribution in [1.82, 2.24) is 14.9 Å². The molecule has 0 aromatic heterocycles. The van der Waals surface area contributed by atoms with Gasteiger partial charge >= 0.3 is 5.97 Å². The Bertz CT molecular complexity index is 1330. The maximum Gasteiger partial charge on any atom is 0.328 e. The zero-order valence-corrected chi connectivity index (χ0v) is 24.1. The summed E-state index contributed by atoms with van der Waals surface area (Å²) in [6.07, 6.45) is 1.71. The van der Waals surface area contributed by atoms with Crippen molar-refractivity contribution in [3.8, 4) is 0 Å². The SMILES string of the molecule is Cc1ccc(S(=O)(=O)NC(N)=NCCC[C@H](N)C(=O)N2CCC[C@H]2C(=O)N[C@@H](C)C(=O)OCc2ccccc2)cc1. The van der Waals surface area contributed by atoms with E-state index in [2.05, 4.69) is 15.0 Å². The van der Waals surface area contributed by atoms with E-state index in [1.807, 2.05) is 37.3 Å². The number of hydrogen-bond donors (Lipinski definition) is 4. The highest BCUT2D eigenvalue weighted by molar-refractivity contribution is 7.90. The summed E-state index contributed by atoms with van der Waals surface area (Å²) in [4.78, 5) is 43.8. The summed E-state index contributed by atoms with van der Waals surface area (Å²) < 4.78 is 32.3. The van der Waals surface area contributed by atoms with Crippen LogP contribution in [0.3, 0.4) is 0 Å². The van der Waals surface area contributed by atoms with E-state index in [4.69, 9.17) is 16.2 Å². The number of hydrogen-bond acceptors (Lipinski definition) is 8. The maximum atomic E-state index is 13.0. The van der Waals surface area contributed by atoms with E-state index in [0.717, 1.165) is 11.1 Å². The molecule has 2 amide bonds. The number of nitrogens with two attached hydrogens (primary N) is 2. The maximum absolute atomic E-state index is 13.0. The van der Waals surface area contributed by atoms with Gasteiger partial charge in [0.15, 0.2) is 0 Å². The van der Waals surface area contributed by atoms with Gasteiger partial charge < -0.3 is 26.4 Å². The number of nitrogens with zero attached hydrogens (tertiary/aromatic N) is 2. The van der Waals surface area contributed by atoms with E-state index in [1.54, 1.807) is 12.1 Å². The van der Waals surface area contributed by atoms with E-state index in [1.165, 1.54) is 24.0 Å². The number of nitrogens with one attached hydrogen (secondary N) is 2. The summed E-state index contributed by atoms with van der Waals surface area (Å²) in [5.41, 5.74) is 13.6. The molecule has 222 valence electrons. The molecule has 3 rings (SSSR count). The Morgan fingerprint density at radius 3 is 2.49 bits per heavy atom. The minimum atomic E-state index is -3.86. The van der Waals surface area contributed by atoms with Crippen molar-refractivity contribution in [3.63, 3.8) is 0 Å². The Balaban J connectivity index is 1.44. The van der Waals surface area contributed by atoms with Gasteiger partial charge in [0.2, 0.25) is 17.8 Å². The Labute approximate surface area is 240 Å². The Hall–Kier alpha value is -3.97. The van der Waals surface area contributed by atoms with Crippen LogP contribution in [0.15, 0.2) is 64.5 Å². The second-order valence-electron chi connectivity index (χ2n) is 9.95. The van der Waals surface area contributed by atoms with Crippen LogP contribution in [-0.2, 0) is 35.8 Å². The van der Waals surface area contributed by atoms with Crippen molar-refractivity contribution in [2.24, 2.45) is 16.5 Å². The van der Waals surface area contributed by atoms with E-state index < -0.39 is 40.0 Å². The molecule has 12 nitrogen and oxygen atoms in total. The number of carbonyl (C=O) groups is 3. The highest BCUT2D eigenvalue weighted by Crippen LogP contribution is 2.19. The molecule has 0 radical (unpaired) electrons. The van der Waals surface area contributed by atoms with Crippen LogP contribution in [0.2, 0.25) is 0 Å². The minimum Gasteiger partial charge on any atom is -0.459 e. The number of likely N-dealkylation sites (tertiary alicyclic amines) is 1. The monoisotopic (exact) mass is 586 g/mol. The Morgan fingerprint density at radius 1 is 1.12 bits per heavy atom. The topological polar surface area (TPSA) is 186 Å². The predicted octanol–water partition coefficient (Wildman–Crippen LogP) is 0.935. The zero-order chi connectivity index (χ0) is 30.0. The highest BCUT2D eigenvalue weighted by Gasteiger charge is 2.37. The number of amides is 2. The lowest BCUT2D eigenvalue weighted by molar-refractivity contribution is -0.149. The van der Waals surface area contributed by atoms with Gasteiger partial charge in [0.1, 0.15) is 18.7 Å². The van der Waals surface area contributed by atoms with E-state index in [0.29, 0.717) is 25.8 Å². The number of rotatable bonds is 12. The van der Waals surface area contributed by atoms with Crippen LogP contribution in [0.5, 0.6) is 0 Å². The molecule has 1 aliphatic heterocycles. The third-order valence-corrected chi connectivity index (χ3v) is 7.99. The fraction of sp³-hybridized carbons (Fsp3) is 0.429. The first-order chi connectivity index (χ1) is 19.5. The first-order valence-electron chi connectivity index (χ1n) is 13.4. The zero-order valence-electron chi connectivity index (χ0n) is 23.3. The van der Waals surface area contributed by atoms with Crippen molar-refractivity contribution in [1.29, 1.82) is 0 Å². The number of esters is 1. The van der Waals surface area contributed by atoms with Gasteiger partial charge in [-0.05, 0) is 57.2 Å². The van der Waals surface area contributed by atoms with E-state index >= 15 is 0 Å². The smallest absolute Gasteiger partial charge is 0.328 e. The Morgan fingerprint density at radius 2 is 1.80 bits per heavy atom. The molecule has 0 unspecified atom stereocenters. The summed E-state index contributed by atoms with van der Waals surface area (Å²) in [5, 5.41) is 2.64. The van der Waals surface area contributed by atoms with Crippen LogP contribution in [0, 0.1) is 6.92 Å². The van der Waals surface area contributed by atoms with Gasteiger partial charge in [-0.15, -0.1) is 0 Å². The summed E-state index contributed by atoms with van der Waals surface area (Å²) in [6.45, 7) is 4.00. The van der Waals surface area contributed by atoms with Crippen LogP contribution >= 0.6 is 0 Å². The molecule has 1 aliphatic rings. The van der Waals surface area contributed by atoms with Gasteiger partial charge in [-0.3, -0.25) is 14.6 Å². The number of aliphatic imine (C=N–C) groups is 1. The molecule has 0 bridgehead atoms. The number of ether oxygens (including phenoxy) is 1. The summed E-state index contributed by atoms with van der Waals surface area (Å²) >= 11 is 0. The van der Waals surface area contributed by atoms with Crippen molar-refractivity contribution < 1.29 is 27.5 Å². The van der Waals surface area contributed by atoms with Crippen LogP contribution < -0.4 is 21.5 Å². The number of sulfonamides is 1. The van der Waals surface area contributed by atoms with Crippen LogP contribution in [0.4, 0.5) is 0 Å². The van der Waals surface area contributed by atoms with Gasteiger partial charge in [0.25, 0.3) is 10.0 Å². The number of carbonyl (C=O) groups excluding carboxylic acids is 3. The van der Waals surface area contributed by atoms with Crippen molar-refractivity contribution in [2.75, 3.05) is 13.1 Å². The molecule has 41 heavy (non-hydrogen) atoms. The fourth-order valence-electron chi connectivity index (χ4n) is 4.32. The van der Waals surface area contributed by atoms with E-state index in [9.17, 15) is 22.8 Å². The fourth-order valence-corrected chi connectivity index (χ4v) is 5.27. The molecule has 1 saturated heterocycles. The quantitative estimate of drug-likeness (QED) is 0.122. The highest BCUT2D eigenvalue weighted by atomic mass is 32.2. The summed E-state index contributed by atoms with van der Waals surface area (Å²) in [6, 6.07) is 13.0. The molecule has 2 aromatic rings. The molecular weight excluding hydrogens is 548 g/mol. The van der Waals surface area contributed by atoms with Crippen molar-refractivity contribution in [3.05, 3.63) is 65.7 Å². The van der Waals surface area contributed by atoms with Crippen LogP contribution in [0.25, 0.3) is 0 Å². The standard InChI is InChI=1S/C28H38N6O6S/c1-19-12-14-22(15-13-19)41(38,39)33-28(30)31-16-6-10-23(29)26(36)34-17-7-11-24(34)25(35)32-20(2)27(37)40-18-21-8-4-3-5-9-21/h3-5,8-9,12-15,20,23-24H,6-7,10-11,16-18,29H2,1-2H3,(H,32,35)(H3,30,31,33)/t20-,23-,24-/m0/s1. The normalized spacial score (nSPS) is 17.0. The van der Waals surface area contributed by atoms with Gasteiger partial charge in [-0.25, -0.2) is 17.9 Å². The molecule has 1 fully saturated rings. The second-order valence-corrected chi connectivity index (χ2v) is 11.6. The predicted molar refractivity (Wildman–Crippen MR) is 154 cm³/mol. The average molecular weight is 587 g/mol. The number of guanidine groups is 1. The van der Waals surface area contributed by atoms with Gasteiger partial charge in [0.05, 0.1) is 10.9 Å². The molecule has 6 N–H and O–H groups in total. The molecule has 0 aliphatic carbocycles. The third kappa shape index (κ3) is 9.29. The first kappa shape index (κ1) is 31.6. The van der Waals surface area contributed by atoms with Crippen LogP contribution in [-0.4, -0.2) is 68.3 Å². The van der Waals surface area contributed by atoms with Gasteiger partial charge in [0, 0.05) is 13.1 Å². The molecule has 13 heteroatoms. The summed E-state index contributed by atoms with van der Waals surface area (Å²) in [7, 11) is -3.86.